The summed E-state index contributed by atoms with van der Waals surface area (Å²) in [6, 6.07) is 6.07. The van der Waals surface area contributed by atoms with Gasteiger partial charge in [-0.2, -0.15) is 0 Å². The molecule has 0 unspecified atom stereocenters. The fraction of sp³-hybridized carbons (Fsp3) is 0.571. The van der Waals surface area contributed by atoms with Gasteiger partial charge in [0.25, 0.3) is 0 Å². The Kier molecular flexibility index (Phi) is 5.44. The molecule has 0 bridgehead atoms. The minimum absolute atomic E-state index is 0.115. The van der Waals surface area contributed by atoms with Gasteiger partial charge in [-0.25, -0.2) is 0 Å². The quantitative estimate of drug-likeness (QED) is 0.812. The fourth-order valence-electron chi connectivity index (χ4n) is 2.18. The number of methoxy groups -OCH3 is 1. The Bertz CT molecular complexity index is 378. The summed E-state index contributed by atoms with van der Waals surface area (Å²) in [6.45, 7) is 6.84. The maximum Gasteiger partial charge on any atom is 0.125 e. The summed E-state index contributed by atoms with van der Waals surface area (Å²) >= 11 is 0. The number of aliphatic hydroxyl groups excluding tert-OH is 1. The Hall–Kier alpha value is -1.26. The molecule has 1 atom stereocenters. The van der Waals surface area contributed by atoms with Gasteiger partial charge in [0.2, 0.25) is 0 Å². The van der Waals surface area contributed by atoms with Crippen LogP contribution in [0.3, 0.4) is 0 Å². The van der Waals surface area contributed by atoms with Crippen molar-refractivity contribution in [2.24, 2.45) is 5.73 Å². The highest BCUT2D eigenvalue weighted by atomic mass is 16.5. The second kappa shape index (κ2) is 6.61. The monoisotopic (exact) mass is 252 g/mol. The van der Waals surface area contributed by atoms with Gasteiger partial charge < -0.3 is 20.5 Å². The molecule has 18 heavy (non-hydrogen) atoms. The van der Waals surface area contributed by atoms with Crippen LogP contribution in [0.4, 0.5) is 5.69 Å². The summed E-state index contributed by atoms with van der Waals surface area (Å²) in [4.78, 5) is 2.14. The Morgan fingerprint density at radius 1 is 1.33 bits per heavy atom. The molecule has 4 nitrogen and oxygen atoms in total. The van der Waals surface area contributed by atoms with Gasteiger partial charge in [-0.05, 0) is 32.9 Å². The minimum atomic E-state index is -0.115. The molecule has 1 aromatic rings. The predicted octanol–water partition coefficient (Wildman–Crippen LogP) is 1.92. The van der Waals surface area contributed by atoms with E-state index in [1.807, 2.05) is 25.1 Å². The highest BCUT2D eigenvalue weighted by Gasteiger charge is 2.19. The average Bonchev–Trinajstić information content (AvgIpc) is 2.34. The molecule has 102 valence electrons. The van der Waals surface area contributed by atoms with Crippen LogP contribution in [0.2, 0.25) is 0 Å². The van der Waals surface area contributed by atoms with Gasteiger partial charge in [0.1, 0.15) is 5.75 Å². The summed E-state index contributed by atoms with van der Waals surface area (Å²) in [5, 5.41) is 9.20. The Labute approximate surface area is 109 Å². The molecule has 3 N–H and O–H groups in total. The van der Waals surface area contributed by atoms with Gasteiger partial charge >= 0.3 is 0 Å². The van der Waals surface area contributed by atoms with Crippen molar-refractivity contribution < 1.29 is 9.84 Å². The lowest BCUT2D eigenvalue weighted by Crippen LogP contribution is -2.34. The van der Waals surface area contributed by atoms with E-state index in [1.165, 1.54) is 0 Å². The van der Waals surface area contributed by atoms with Crippen LogP contribution in [0.1, 0.15) is 32.4 Å². The molecule has 0 aliphatic rings. The van der Waals surface area contributed by atoms with E-state index in [9.17, 15) is 5.11 Å². The van der Waals surface area contributed by atoms with Gasteiger partial charge in [0, 0.05) is 29.9 Å². The number of hydrogen-bond donors (Lipinski definition) is 2. The van der Waals surface area contributed by atoms with Crippen molar-refractivity contribution in [3.63, 3.8) is 0 Å². The van der Waals surface area contributed by atoms with Crippen LogP contribution >= 0.6 is 0 Å². The highest BCUT2D eigenvalue weighted by molar-refractivity contribution is 5.61. The van der Waals surface area contributed by atoms with Gasteiger partial charge in [0.05, 0.1) is 13.7 Å². The maximum atomic E-state index is 9.20. The summed E-state index contributed by atoms with van der Waals surface area (Å²) in [5.74, 6) is 0.797. The Morgan fingerprint density at radius 3 is 2.44 bits per heavy atom. The Balaban J connectivity index is 3.28. The average molecular weight is 252 g/mol. The summed E-state index contributed by atoms with van der Waals surface area (Å²) in [6.07, 6.45) is 0. The third-order valence-corrected chi connectivity index (χ3v) is 2.99. The van der Waals surface area contributed by atoms with E-state index in [0.717, 1.165) is 17.0 Å². The number of hydrogen-bond acceptors (Lipinski definition) is 4. The first-order valence-electron chi connectivity index (χ1n) is 6.32. The molecular weight excluding hydrogens is 228 g/mol. The minimum Gasteiger partial charge on any atom is -0.496 e. The van der Waals surface area contributed by atoms with Crippen molar-refractivity contribution in [3.8, 4) is 5.75 Å². The first-order valence-corrected chi connectivity index (χ1v) is 6.32. The molecule has 0 spiro atoms. The molecule has 0 heterocycles. The van der Waals surface area contributed by atoms with Gasteiger partial charge in [-0.3, -0.25) is 0 Å². The second-order valence-corrected chi connectivity index (χ2v) is 4.69. The summed E-state index contributed by atoms with van der Waals surface area (Å²) < 4.78 is 5.39. The molecule has 0 radical (unpaired) electrons. The van der Waals surface area contributed by atoms with E-state index in [-0.39, 0.29) is 12.6 Å². The van der Waals surface area contributed by atoms with Crippen molar-refractivity contribution in [2.45, 2.75) is 32.9 Å². The maximum absolute atomic E-state index is 9.20. The normalized spacial score (nSPS) is 12.6. The standard InChI is InChI=1S/C14H24N2O2/c1-10(2)16(8-9-17)12-6-5-7-13(18-4)14(12)11(3)15/h5-7,10-11,17H,8-9,15H2,1-4H3/t11-/m1/s1. The number of rotatable bonds is 6. The van der Waals surface area contributed by atoms with E-state index in [4.69, 9.17) is 10.5 Å². The molecule has 0 saturated carbocycles. The molecule has 0 aliphatic heterocycles. The lowest BCUT2D eigenvalue weighted by atomic mass is 10.0. The van der Waals surface area contributed by atoms with Crippen LogP contribution in [0.25, 0.3) is 0 Å². The predicted molar refractivity (Wildman–Crippen MR) is 75.2 cm³/mol. The number of aliphatic hydroxyl groups is 1. The fourth-order valence-corrected chi connectivity index (χ4v) is 2.18. The smallest absolute Gasteiger partial charge is 0.125 e. The van der Waals surface area contributed by atoms with Crippen molar-refractivity contribution in [3.05, 3.63) is 23.8 Å². The first kappa shape index (κ1) is 14.8. The van der Waals surface area contributed by atoms with E-state index in [2.05, 4.69) is 18.7 Å². The van der Waals surface area contributed by atoms with Crippen LogP contribution in [0.15, 0.2) is 18.2 Å². The van der Waals surface area contributed by atoms with Crippen molar-refractivity contribution >= 4 is 5.69 Å². The van der Waals surface area contributed by atoms with Crippen LogP contribution < -0.4 is 15.4 Å². The molecule has 0 amide bonds. The van der Waals surface area contributed by atoms with Gasteiger partial charge in [0.15, 0.2) is 0 Å². The SMILES string of the molecule is COc1cccc(N(CCO)C(C)C)c1[C@@H](C)N. The van der Waals surface area contributed by atoms with Crippen molar-refractivity contribution in [2.75, 3.05) is 25.2 Å². The lowest BCUT2D eigenvalue weighted by Gasteiger charge is -2.32. The number of nitrogens with zero attached hydrogens (tertiary/aromatic N) is 1. The van der Waals surface area contributed by atoms with Crippen LogP contribution in [0.5, 0.6) is 5.75 Å². The van der Waals surface area contributed by atoms with Gasteiger partial charge in [-0.15, -0.1) is 0 Å². The van der Waals surface area contributed by atoms with E-state index in [1.54, 1.807) is 7.11 Å². The van der Waals surface area contributed by atoms with Gasteiger partial charge in [-0.1, -0.05) is 6.07 Å². The van der Waals surface area contributed by atoms with E-state index < -0.39 is 0 Å². The third kappa shape index (κ3) is 3.15. The molecule has 1 rings (SSSR count). The largest absolute Gasteiger partial charge is 0.496 e. The Morgan fingerprint density at radius 2 is 2.00 bits per heavy atom. The topological polar surface area (TPSA) is 58.7 Å². The first-order chi connectivity index (χ1) is 8.52. The zero-order valence-electron chi connectivity index (χ0n) is 11.7. The van der Waals surface area contributed by atoms with Crippen LogP contribution in [-0.4, -0.2) is 31.4 Å². The molecule has 0 saturated heterocycles. The number of ether oxygens (including phenoxy) is 1. The number of anilines is 1. The van der Waals surface area contributed by atoms with Crippen molar-refractivity contribution in [1.29, 1.82) is 0 Å². The second-order valence-electron chi connectivity index (χ2n) is 4.69. The zero-order chi connectivity index (χ0) is 13.7. The van der Waals surface area contributed by atoms with Crippen LogP contribution in [-0.2, 0) is 0 Å². The van der Waals surface area contributed by atoms with E-state index >= 15 is 0 Å². The zero-order valence-corrected chi connectivity index (χ0v) is 11.7. The highest BCUT2D eigenvalue weighted by Crippen LogP contribution is 2.34. The number of nitrogens with two attached hydrogens (primary N) is 1. The summed E-state index contributed by atoms with van der Waals surface area (Å²) in [7, 11) is 1.65. The molecule has 1 aromatic carbocycles. The lowest BCUT2D eigenvalue weighted by molar-refractivity contribution is 0.298. The molecule has 0 aromatic heterocycles. The summed E-state index contributed by atoms with van der Waals surface area (Å²) in [5.41, 5.74) is 8.08. The van der Waals surface area contributed by atoms with E-state index in [0.29, 0.717) is 12.6 Å². The van der Waals surface area contributed by atoms with Crippen molar-refractivity contribution in [1.82, 2.24) is 0 Å². The molecule has 0 fully saturated rings. The number of benzene rings is 1. The molecule has 0 aliphatic carbocycles. The molecule has 4 heteroatoms. The van der Waals surface area contributed by atoms with Crippen LogP contribution in [0, 0.1) is 0 Å². The molecular formula is C14H24N2O2. The third-order valence-electron chi connectivity index (χ3n) is 2.99.